The molecule has 2 nitrogen and oxygen atoms in total. The number of amides is 1. The molecule has 0 radical (unpaired) electrons. The van der Waals surface area contributed by atoms with Gasteiger partial charge in [0.2, 0.25) is 0 Å². The van der Waals surface area contributed by atoms with Gasteiger partial charge in [0.05, 0.1) is 0 Å². The quantitative estimate of drug-likeness (QED) is 0.703. The highest BCUT2D eigenvalue weighted by molar-refractivity contribution is 5.84. The normalized spacial score (nSPS) is 17.8. The maximum absolute atomic E-state index is 13.2. The van der Waals surface area contributed by atoms with Crippen molar-refractivity contribution < 1.29 is 26.7 Å². The van der Waals surface area contributed by atoms with Crippen LogP contribution in [0.15, 0.2) is 0 Å². The lowest BCUT2D eigenvalue weighted by Gasteiger charge is -2.33. The minimum atomic E-state index is -5.83. The molecule has 1 aliphatic rings. The fraction of sp³-hybridized carbons (Fsp3) is 0.923. The smallest absolute Gasteiger partial charge is 0.334 e. The van der Waals surface area contributed by atoms with Gasteiger partial charge < -0.3 is 4.90 Å². The van der Waals surface area contributed by atoms with Gasteiger partial charge in [0.15, 0.2) is 0 Å². The van der Waals surface area contributed by atoms with E-state index in [-0.39, 0.29) is 12.5 Å². The van der Waals surface area contributed by atoms with E-state index in [1.54, 1.807) is 0 Å². The van der Waals surface area contributed by atoms with Crippen LogP contribution in [-0.4, -0.2) is 35.5 Å². The van der Waals surface area contributed by atoms with Crippen LogP contribution in [0.5, 0.6) is 0 Å². The number of nitrogens with zero attached hydrogens (tertiary/aromatic N) is 1. The molecule has 1 rings (SSSR count). The lowest BCUT2D eigenvalue weighted by molar-refractivity contribution is -0.275. The van der Waals surface area contributed by atoms with Crippen molar-refractivity contribution in [2.45, 2.75) is 64.1 Å². The third kappa shape index (κ3) is 3.82. The third-order valence-corrected chi connectivity index (χ3v) is 3.60. The van der Waals surface area contributed by atoms with E-state index in [4.69, 9.17) is 0 Å². The Labute approximate surface area is 115 Å². The summed E-state index contributed by atoms with van der Waals surface area (Å²) < 4.78 is 63.5. The van der Waals surface area contributed by atoms with Gasteiger partial charge in [0.1, 0.15) is 0 Å². The molecule has 1 aliphatic carbocycles. The molecule has 1 fully saturated rings. The van der Waals surface area contributed by atoms with Crippen LogP contribution in [0.1, 0.15) is 46.0 Å². The molecule has 0 heterocycles. The van der Waals surface area contributed by atoms with Crippen molar-refractivity contribution in [2.75, 3.05) is 6.54 Å². The summed E-state index contributed by atoms with van der Waals surface area (Å²) in [7, 11) is 0. The largest absolute Gasteiger partial charge is 0.463 e. The van der Waals surface area contributed by atoms with Crippen molar-refractivity contribution in [2.24, 2.45) is 5.92 Å². The van der Waals surface area contributed by atoms with E-state index < -0.39 is 24.0 Å². The zero-order chi connectivity index (χ0) is 15.6. The van der Waals surface area contributed by atoms with E-state index in [0.29, 0.717) is 19.3 Å². The van der Waals surface area contributed by atoms with Crippen LogP contribution >= 0.6 is 0 Å². The Bertz CT molecular complexity index is 334. The van der Waals surface area contributed by atoms with Crippen LogP contribution in [-0.2, 0) is 4.79 Å². The van der Waals surface area contributed by atoms with Crippen molar-refractivity contribution in [3.63, 3.8) is 0 Å². The van der Waals surface area contributed by atoms with Crippen LogP contribution < -0.4 is 0 Å². The Balaban J connectivity index is 2.88. The van der Waals surface area contributed by atoms with Crippen molar-refractivity contribution in [3.05, 3.63) is 0 Å². The first-order valence-electron chi connectivity index (χ1n) is 6.83. The van der Waals surface area contributed by atoms with E-state index in [9.17, 15) is 26.7 Å². The molecule has 20 heavy (non-hydrogen) atoms. The Morgan fingerprint density at radius 1 is 1.15 bits per heavy atom. The summed E-state index contributed by atoms with van der Waals surface area (Å²) in [5.74, 6) is -7.27. The van der Waals surface area contributed by atoms with E-state index in [1.165, 1.54) is 0 Å². The molecule has 0 aliphatic heterocycles. The molecule has 0 atom stereocenters. The molecule has 0 spiro atoms. The number of hydrogen-bond donors (Lipinski definition) is 0. The molecule has 0 aromatic carbocycles. The minimum absolute atomic E-state index is 0.0488. The Hall–Kier alpha value is -0.880. The number of rotatable bonds is 5. The highest BCUT2D eigenvalue weighted by Gasteiger charge is 2.65. The van der Waals surface area contributed by atoms with Crippen LogP contribution in [0.4, 0.5) is 22.0 Å². The highest BCUT2D eigenvalue weighted by Crippen LogP contribution is 2.38. The lowest BCUT2D eigenvalue weighted by Crippen LogP contribution is -2.55. The second kappa shape index (κ2) is 6.26. The molecule has 0 N–H and O–H groups in total. The van der Waals surface area contributed by atoms with Crippen LogP contribution in [0.2, 0.25) is 0 Å². The maximum atomic E-state index is 13.2. The number of alkyl halides is 5. The summed E-state index contributed by atoms with van der Waals surface area (Å²) in [5.41, 5.74) is 0. The van der Waals surface area contributed by atoms with Crippen LogP contribution in [0.25, 0.3) is 0 Å². The summed E-state index contributed by atoms with van der Waals surface area (Å²) in [6.45, 7) is 3.62. The second-order valence-corrected chi connectivity index (χ2v) is 5.69. The zero-order valence-corrected chi connectivity index (χ0v) is 11.6. The van der Waals surface area contributed by atoms with Crippen molar-refractivity contribution in [1.82, 2.24) is 4.90 Å². The monoisotopic (exact) mass is 301 g/mol. The molecule has 1 amide bonds. The number of hydrogen-bond acceptors (Lipinski definition) is 1. The summed E-state index contributed by atoms with van der Waals surface area (Å²) >= 11 is 0. The van der Waals surface area contributed by atoms with Gasteiger partial charge in [-0.2, -0.15) is 22.0 Å². The lowest BCUT2D eigenvalue weighted by atomic mass is 10.1. The topological polar surface area (TPSA) is 20.3 Å². The Morgan fingerprint density at radius 3 is 2.05 bits per heavy atom. The molecule has 118 valence electrons. The van der Waals surface area contributed by atoms with Gasteiger partial charge in [0, 0.05) is 12.6 Å². The number of carbonyl (C=O) groups excluding carboxylic acids is 1. The predicted octanol–water partition coefficient (Wildman–Crippen LogP) is 4.00. The van der Waals surface area contributed by atoms with Gasteiger partial charge >= 0.3 is 18.0 Å². The summed E-state index contributed by atoms with van der Waals surface area (Å²) in [5, 5.41) is 0. The molecule has 0 aromatic rings. The van der Waals surface area contributed by atoms with Gasteiger partial charge in [-0.3, -0.25) is 4.79 Å². The highest BCUT2D eigenvalue weighted by atomic mass is 19.4. The molecular formula is C13H20F5NO. The molecule has 0 aromatic heterocycles. The van der Waals surface area contributed by atoms with E-state index >= 15 is 0 Å². The number of halogens is 5. The summed E-state index contributed by atoms with van der Waals surface area (Å²) in [6.07, 6.45) is -2.91. The Morgan fingerprint density at radius 2 is 1.65 bits per heavy atom. The third-order valence-electron chi connectivity index (χ3n) is 3.60. The predicted molar refractivity (Wildman–Crippen MR) is 64.4 cm³/mol. The second-order valence-electron chi connectivity index (χ2n) is 5.69. The van der Waals surface area contributed by atoms with E-state index in [1.807, 2.05) is 13.8 Å². The standard InChI is InChI=1S/C13H20F5NO/c1-9(2)7-8-19(10-5-3-4-6-10)11(20)12(14,15)13(16,17)18/h9-10H,3-8H2,1-2H3. The first-order chi connectivity index (χ1) is 9.07. The minimum Gasteiger partial charge on any atom is -0.334 e. The first-order valence-corrected chi connectivity index (χ1v) is 6.83. The Kier molecular flexibility index (Phi) is 5.38. The van der Waals surface area contributed by atoms with E-state index in [2.05, 4.69) is 0 Å². The molecule has 1 saturated carbocycles. The van der Waals surface area contributed by atoms with Gasteiger partial charge in [-0.15, -0.1) is 0 Å². The summed E-state index contributed by atoms with van der Waals surface area (Å²) in [6, 6.07) is -0.491. The van der Waals surface area contributed by atoms with Gasteiger partial charge in [-0.05, 0) is 25.2 Å². The SMILES string of the molecule is CC(C)CCN(C(=O)C(F)(F)C(F)(F)F)C1CCCC1. The maximum Gasteiger partial charge on any atom is 0.463 e. The zero-order valence-electron chi connectivity index (χ0n) is 11.6. The van der Waals surface area contributed by atoms with Crippen LogP contribution in [0, 0.1) is 5.92 Å². The van der Waals surface area contributed by atoms with E-state index in [0.717, 1.165) is 17.7 Å². The molecule has 0 bridgehead atoms. The molecular weight excluding hydrogens is 281 g/mol. The van der Waals surface area contributed by atoms with Crippen molar-refractivity contribution in [1.29, 1.82) is 0 Å². The summed E-state index contributed by atoms with van der Waals surface area (Å²) in [4.78, 5) is 12.4. The van der Waals surface area contributed by atoms with Crippen molar-refractivity contribution >= 4 is 5.91 Å². The molecule has 0 unspecified atom stereocenters. The van der Waals surface area contributed by atoms with Crippen LogP contribution in [0.3, 0.4) is 0 Å². The fourth-order valence-electron chi connectivity index (χ4n) is 2.36. The van der Waals surface area contributed by atoms with Gasteiger partial charge in [-0.25, -0.2) is 0 Å². The average Bonchev–Trinajstić information content (AvgIpc) is 2.80. The van der Waals surface area contributed by atoms with Gasteiger partial charge in [-0.1, -0.05) is 26.7 Å². The van der Waals surface area contributed by atoms with Crippen molar-refractivity contribution in [3.8, 4) is 0 Å². The first kappa shape index (κ1) is 17.2. The average molecular weight is 301 g/mol. The molecule has 0 saturated heterocycles. The molecule has 7 heteroatoms. The fourth-order valence-corrected chi connectivity index (χ4v) is 2.36. The van der Waals surface area contributed by atoms with Gasteiger partial charge in [0.25, 0.3) is 0 Å². The number of carbonyl (C=O) groups is 1.